The van der Waals surface area contributed by atoms with E-state index in [1.165, 1.54) is 29.5 Å². The van der Waals surface area contributed by atoms with Gasteiger partial charge in [0.2, 0.25) is 0 Å². The Bertz CT molecular complexity index is 1090. The molecule has 1 unspecified atom stereocenters. The average Bonchev–Trinajstić information content (AvgIpc) is 3.37. The summed E-state index contributed by atoms with van der Waals surface area (Å²) in [5, 5.41) is 9.07. The van der Waals surface area contributed by atoms with Gasteiger partial charge in [0.1, 0.15) is 10.1 Å². The quantitative estimate of drug-likeness (QED) is 0.479. The lowest BCUT2D eigenvalue weighted by Crippen LogP contribution is -2.26. The largest absolute Gasteiger partial charge is 0.573 e. The Morgan fingerprint density at radius 2 is 2.12 bits per heavy atom. The van der Waals surface area contributed by atoms with Crippen LogP contribution in [0.1, 0.15) is 41.5 Å². The summed E-state index contributed by atoms with van der Waals surface area (Å²) < 4.78 is 50.1. The summed E-state index contributed by atoms with van der Waals surface area (Å²) in [6.45, 7) is 0.636. The van der Waals surface area contributed by atoms with Gasteiger partial charge in [0, 0.05) is 12.2 Å². The Morgan fingerprint density at radius 3 is 2.81 bits per heavy atom. The summed E-state index contributed by atoms with van der Waals surface area (Å²) in [6, 6.07) is 8.86. The van der Waals surface area contributed by atoms with Crippen molar-refractivity contribution in [1.29, 1.82) is 0 Å². The molecular formula is C21H19ClF3N3O3S. The van der Waals surface area contributed by atoms with E-state index in [1.807, 2.05) is 11.4 Å². The van der Waals surface area contributed by atoms with Crippen molar-refractivity contribution in [1.82, 2.24) is 15.1 Å². The zero-order valence-corrected chi connectivity index (χ0v) is 18.3. The number of halogens is 4. The number of amides is 1. The first-order valence-corrected chi connectivity index (χ1v) is 11.1. The topological polar surface area (TPSA) is 65.4 Å². The Labute approximate surface area is 190 Å². The van der Waals surface area contributed by atoms with Gasteiger partial charge in [-0.1, -0.05) is 23.7 Å². The van der Waals surface area contributed by atoms with Crippen LogP contribution in [0.5, 0.6) is 5.75 Å². The molecule has 1 atom stereocenters. The van der Waals surface area contributed by atoms with Crippen LogP contribution in [0.2, 0.25) is 4.34 Å². The molecule has 170 valence electrons. The normalized spacial score (nSPS) is 16.7. The van der Waals surface area contributed by atoms with Gasteiger partial charge in [0.05, 0.1) is 23.5 Å². The molecule has 1 amide bonds. The maximum absolute atomic E-state index is 12.6. The third-order valence-corrected chi connectivity index (χ3v) is 6.07. The number of nitrogens with zero attached hydrogens (tertiary/aromatic N) is 2. The molecule has 1 aromatic carbocycles. The van der Waals surface area contributed by atoms with Crippen LogP contribution < -0.4 is 10.1 Å². The fourth-order valence-electron chi connectivity index (χ4n) is 3.48. The van der Waals surface area contributed by atoms with Crippen LogP contribution in [0, 0.1) is 0 Å². The number of para-hydroxylation sites is 1. The molecule has 0 bridgehead atoms. The number of ether oxygens (including phenoxy) is 2. The van der Waals surface area contributed by atoms with Gasteiger partial charge in [0.25, 0.3) is 5.91 Å². The minimum absolute atomic E-state index is 0.00760. The highest BCUT2D eigenvalue weighted by atomic mass is 35.5. The van der Waals surface area contributed by atoms with Crippen LogP contribution in [0.4, 0.5) is 13.2 Å². The predicted molar refractivity (Wildman–Crippen MR) is 114 cm³/mol. The van der Waals surface area contributed by atoms with Crippen molar-refractivity contribution >= 4 is 28.8 Å². The molecule has 11 heteroatoms. The number of rotatable bonds is 6. The molecule has 4 rings (SSSR count). The first-order chi connectivity index (χ1) is 15.3. The average molecular weight is 486 g/mol. The number of carbonyl (C=O) groups is 1. The SMILES string of the molecule is O=C(NCc1cc(-c2ccsc2Cl)n(C2CCCCO2)n1)c1ccccc1OC(F)(F)F. The Morgan fingerprint density at radius 1 is 1.31 bits per heavy atom. The van der Waals surface area contributed by atoms with Crippen LogP contribution in [-0.2, 0) is 11.3 Å². The Balaban J connectivity index is 1.55. The van der Waals surface area contributed by atoms with Crippen molar-refractivity contribution < 1.29 is 27.4 Å². The molecule has 0 saturated carbocycles. The standard InChI is InChI=1S/C21H19ClF3N3O3S/c22-19-14(8-10-32-19)16-11-13(27-28(16)18-7-3-4-9-30-18)12-26-20(29)15-5-1-2-6-17(15)31-21(23,24)25/h1-2,5-6,8,10-11,18H,3-4,7,9,12H2,(H,26,29). The number of aromatic nitrogens is 2. The highest BCUT2D eigenvalue weighted by Gasteiger charge is 2.33. The fraction of sp³-hybridized carbons (Fsp3) is 0.333. The lowest BCUT2D eigenvalue weighted by atomic mass is 10.1. The molecule has 0 aliphatic carbocycles. The van der Waals surface area contributed by atoms with Gasteiger partial charge in [0.15, 0.2) is 6.23 Å². The first-order valence-electron chi connectivity index (χ1n) is 9.88. The van der Waals surface area contributed by atoms with Gasteiger partial charge >= 0.3 is 6.36 Å². The zero-order chi connectivity index (χ0) is 22.7. The number of carbonyl (C=O) groups excluding carboxylic acids is 1. The van der Waals surface area contributed by atoms with Crippen molar-refractivity contribution in [2.45, 2.75) is 38.4 Å². The Kier molecular flexibility index (Phi) is 6.73. The molecule has 1 aliphatic rings. The molecule has 0 radical (unpaired) electrons. The van der Waals surface area contributed by atoms with Crippen LogP contribution in [0.25, 0.3) is 11.3 Å². The summed E-state index contributed by atoms with van der Waals surface area (Å²) in [6.07, 6.45) is -2.37. The lowest BCUT2D eigenvalue weighted by molar-refractivity contribution is -0.274. The second-order valence-electron chi connectivity index (χ2n) is 7.12. The van der Waals surface area contributed by atoms with Crippen molar-refractivity contribution in [3.63, 3.8) is 0 Å². The van der Waals surface area contributed by atoms with E-state index in [0.717, 1.165) is 36.6 Å². The van der Waals surface area contributed by atoms with Gasteiger partial charge in [-0.3, -0.25) is 4.79 Å². The van der Waals surface area contributed by atoms with Gasteiger partial charge in [-0.05, 0) is 48.9 Å². The van der Waals surface area contributed by atoms with Gasteiger partial charge in [-0.2, -0.15) is 5.10 Å². The van der Waals surface area contributed by atoms with Crippen LogP contribution >= 0.6 is 22.9 Å². The second-order valence-corrected chi connectivity index (χ2v) is 8.64. The maximum Gasteiger partial charge on any atom is 0.573 e. The highest BCUT2D eigenvalue weighted by Crippen LogP contribution is 2.36. The number of hydrogen-bond acceptors (Lipinski definition) is 5. The van der Waals surface area contributed by atoms with Gasteiger partial charge < -0.3 is 14.8 Å². The molecule has 32 heavy (non-hydrogen) atoms. The first kappa shape index (κ1) is 22.6. The van der Waals surface area contributed by atoms with E-state index in [4.69, 9.17) is 16.3 Å². The molecular weight excluding hydrogens is 467 g/mol. The van der Waals surface area contributed by atoms with E-state index < -0.39 is 18.0 Å². The van der Waals surface area contributed by atoms with Gasteiger partial charge in [-0.25, -0.2) is 4.68 Å². The molecule has 2 aromatic heterocycles. The second kappa shape index (κ2) is 9.51. The molecule has 3 aromatic rings. The van der Waals surface area contributed by atoms with Crippen LogP contribution in [0.3, 0.4) is 0 Å². The fourth-order valence-corrected chi connectivity index (χ4v) is 4.42. The monoisotopic (exact) mass is 485 g/mol. The summed E-state index contributed by atoms with van der Waals surface area (Å²) >= 11 is 7.73. The van der Waals surface area contributed by atoms with Gasteiger partial charge in [-0.15, -0.1) is 24.5 Å². The van der Waals surface area contributed by atoms with E-state index in [0.29, 0.717) is 16.6 Å². The zero-order valence-electron chi connectivity index (χ0n) is 16.7. The number of hydrogen-bond donors (Lipinski definition) is 1. The van der Waals surface area contributed by atoms with E-state index in [1.54, 1.807) is 10.7 Å². The minimum Gasteiger partial charge on any atom is -0.405 e. The number of nitrogens with one attached hydrogen (secondary N) is 1. The molecule has 1 fully saturated rings. The number of benzene rings is 1. The smallest absolute Gasteiger partial charge is 0.405 e. The predicted octanol–water partition coefficient (Wildman–Crippen LogP) is 5.79. The Hall–Kier alpha value is -2.56. The van der Waals surface area contributed by atoms with E-state index in [-0.39, 0.29) is 18.3 Å². The third kappa shape index (κ3) is 5.25. The molecule has 0 spiro atoms. The number of thiophene rings is 1. The molecule has 1 aliphatic heterocycles. The van der Waals surface area contributed by atoms with E-state index in [9.17, 15) is 18.0 Å². The van der Waals surface area contributed by atoms with E-state index >= 15 is 0 Å². The summed E-state index contributed by atoms with van der Waals surface area (Å²) in [5.41, 5.74) is 1.87. The van der Waals surface area contributed by atoms with Crippen molar-refractivity contribution in [2.24, 2.45) is 0 Å². The van der Waals surface area contributed by atoms with Crippen molar-refractivity contribution in [3.8, 4) is 17.0 Å². The summed E-state index contributed by atoms with van der Waals surface area (Å²) in [5.74, 6) is -1.27. The maximum atomic E-state index is 12.6. The highest BCUT2D eigenvalue weighted by molar-refractivity contribution is 7.15. The minimum atomic E-state index is -4.90. The van der Waals surface area contributed by atoms with Crippen LogP contribution in [-0.4, -0.2) is 28.7 Å². The lowest BCUT2D eigenvalue weighted by Gasteiger charge is -2.24. The number of alkyl halides is 3. The summed E-state index contributed by atoms with van der Waals surface area (Å²) in [7, 11) is 0. The molecule has 1 N–H and O–H groups in total. The van der Waals surface area contributed by atoms with Crippen molar-refractivity contribution in [3.05, 3.63) is 57.4 Å². The third-order valence-electron chi connectivity index (χ3n) is 4.90. The van der Waals surface area contributed by atoms with E-state index in [2.05, 4.69) is 15.2 Å². The van der Waals surface area contributed by atoms with Crippen molar-refractivity contribution in [2.75, 3.05) is 6.61 Å². The van der Waals surface area contributed by atoms with Crippen LogP contribution in [0.15, 0.2) is 41.8 Å². The molecule has 1 saturated heterocycles. The molecule has 3 heterocycles. The molecule has 6 nitrogen and oxygen atoms in total. The summed E-state index contributed by atoms with van der Waals surface area (Å²) in [4.78, 5) is 12.6.